The number of nitrogens with one attached hydrogen (secondary N) is 2. The Balaban J connectivity index is 1.37. The number of pyridine rings is 1. The van der Waals surface area contributed by atoms with Crippen LogP contribution in [0.3, 0.4) is 0 Å². The van der Waals surface area contributed by atoms with E-state index in [-0.39, 0.29) is 24.4 Å². The topological polar surface area (TPSA) is 117 Å². The van der Waals surface area contributed by atoms with E-state index in [2.05, 4.69) is 20.6 Å². The number of fused-ring (bicyclic) bond motifs is 1. The second-order valence-electron chi connectivity index (χ2n) is 10.0. The number of hydrogen-bond acceptors (Lipinski definition) is 7. The van der Waals surface area contributed by atoms with Crippen LogP contribution < -0.4 is 16.3 Å². The summed E-state index contributed by atoms with van der Waals surface area (Å²) < 4.78 is 5.59. The molecule has 2 aromatic heterocycles. The molecular weight excluding hydrogens is 530 g/mol. The maximum atomic E-state index is 13.6. The normalized spacial score (nSPS) is 11.6. The first-order valence-electron chi connectivity index (χ1n) is 13.6. The molecule has 0 spiro atoms. The van der Waals surface area contributed by atoms with Crippen molar-refractivity contribution >= 4 is 28.7 Å². The molecule has 0 saturated carbocycles. The molecule has 0 aliphatic rings. The molecule has 5 aromatic rings. The smallest absolute Gasteiger partial charge is 0.348 e. The number of benzene rings is 3. The van der Waals surface area contributed by atoms with Gasteiger partial charge >= 0.3 is 5.63 Å². The van der Waals surface area contributed by atoms with Gasteiger partial charge in [0.15, 0.2) is 0 Å². The maximum Gasteiger partial charge on any atom is 0.348 e. The molecule has 9 nitrogen and oxygen atoms in total. The minimum atomic E-state index is -0.726. The lowest BCUT2D eigenvalue weighted by Gasteiger charge is -2.25. The van der Waals surface area contributed by atoms with Crippen molar-refractivity contribution in [3.63, 3.8) is 0 Å². The van der Waals surface area contributed by atoms with Gasteiger partial charge in [0, 0.05) is 32.8 Å². The van der Waals surface area contributed by atoms with E-state index in [4.69, 9.17) is 4.42 Å². The van der Waals surface area contributed by atoms with Gasteiger partial charge in [0.2, 0.25) is 5.91 Å². The Labute approximate surface area is 243 Å². The van der Waals surface area contributed by atoms with Crippen LogP contribution in [0.4, 0.5) is 6.01 Å². The molecule has 212 valence electrons. The minimum absolute atomic E-state index is 0.0366. The summed E-state index contributed by atoms with van der Waals surface area (Å²) in [7, 11) is 1.75. The Morgan fingerprint density at radius 1 is 0.905 bits per heavy atom. The van der Waals surface area contributed by atoms with Gasteiger partial charge < -0.3 is 20.0 Å². The number of anilines is 1. The molecule has 0 fully saturated rings. The summed E-state index contributed by atoms with van der Waals surface area (Å²) in [6, 6.07) is 27.2. The molecule has 9 heteroatoms. The fourth-order valence-corrected chi connectivity index (χ4v) is 4.78. The summed E-state index contributed by atoms with van der Waals surface area (Å²) in [5, 5.41) is 6.24. The van der Waals surface area contributed by atoms with Crippen LogP contribution in [0.15, 0.2) is 106 Å². The Kier molecular flexibility index (Phi) is 8.67. The van der Waals surface area contributed by atoms with Crippen molar-refractivity contribution in [3.8, 4) is 0 Å². The molecule has 1 unspecified atom stereocenters. The van der Waals surface area contributed by atoms with Gasteiger partial charge in [-0.15, -0.1) is 0 Å². The number of amides is 2. The van der Waals surface area contributed by atoms with Crippen LogP contribution >= 0.6 is 0 Å². The molecule has 42 heavy (non-hydrogen) atoms. The average Bonchev–Trinajstić information content (AvgIpc) is 3.01. The third kappa shape index (κ3) is 6.69. The number of likely N-dealkylation sites (N-methyl/N-ethyl adjacent to an activating group) is 1. The molecule has 2 N–H and O–H groups in total. The van der Waals surface area contributed by atoms with E-state index in [1.807, 2.05) is 66.7 Å². The zero-order valence-corrected chi connectivity index (χ0v) is 23.4. The van der Waals surface area contributed by atoms with Crippen LogP contribution in [-0.2, 0) is 24.3 Å². The zero-order valence-electron chi connectivity index (χ0n) is 23.4. The summed E-state index contributed by atoms with van der Waals surface area (Å²) in [4.78, 5) is 49.5. The zero-order chi connectivity index (χ0) is 29.5. The van der Waals surface area contributed by atoms with Crippen LogP contribution in [0.2, 0.25) is 0 Å². The van der Waals surface area contributed by atoms with Gasteiger partial charge in [-0.05, 0) is 47.4 Å². The summed E-state index contributed by atoms with van der Waals surface area (Å²) >= 11 is 0. The molecule has 0 aliphatic heterocycles. The van der Waals surface area contributed by atoms with Crippen LogP contribution in [-0.4, -0.2) is 39.8 Å². The minimum Gasteiger partial charge on any atom is -0.389 e. The summed E-state index contributed by atoms with van der Waals surface area (Å²) in [5.41, 5.74) is 3.51. The number of carbonyl (C=O) groups excluding carboxylic acids is 2. The summed E-state index contributed by atoms with van der Waals surface area (Å²) in [5.74, 6) is -0.478. The van der Waals surface area contributed by atoms with Crippen molar-refractivity contribution in [1.82, 2.24) is 20.2 Å². The van der Waals surface area contributed by atoms with Crippen LogP contribution in [0.25, 0.3) is 10.9 Å². The predicted octanol–water partition coefficient (Wildman–Crippen LogP) is 4.50. The lowest BCUT2D eigenvalue weighted by Crippen LogP contribution is -2.42. The molecule has 1 atom stereocenters. The first-order valence-corrected chi connectivity index (χ1v) is 13.6. The van der Waals surface area contributed by atoms with Gasteiger partial charge in [-0.3, -0.25) is 14.6 Å². The lowest BCUT2D eigenvalue weighted by atomic mass is 10.0. The number of aromatic nitrogens is 2. The molecule has 0 saturated heterocycles. The Morgan fingerprint density at radius 2 is 1.60 bits per heavy atom. The van der Waals surface area contributed by atoms with Gasteiger partial charge in [0.25, 0.3) is 11.9 Å². The van der Waals surface area contributed by atoms with Crippen molar-refractivity contribution < 1.29 is 14.0 Å². The molecule has 0 bridgehead atoms. The Morgan fingerprint density at radius 3 is 2.29 bits per heavy atom. The van der Waals surface area contributed by atoms with E-state index in [1.54, 1.807) is 49.3 Å². The first-order chi connectivity index (χ1) is 20.4. The number of aryl methyl sites for hydroxylation is 1. The third-order valence-electron chi connectivity index (χ3n) is 7.02. The third-order valence-corrected chi connectivity index (χ3v) is 7.02. The van der Waals surface area contributed by atoms with Crippen LogP contribution in [0.1, 0.15) is 32.7 Å². The highest BCUT2D eigenvalue weighted by Gasteiger charge is 2.25. The second-order valence-corrected chi connectivity index (χ2v) is 10.0. The molecule has 0 aliphatic carbocycles. The Hall–Kier alpha value is -5.31. The number of rotatable bonds is 10. The number of nitrogens with zero attached hydrogens (tertiary/aromatic N) is 3. The first kappa shape index (κ1) is 28.2. The van der Waals surface area contributed by atoms with Crippen LogP contribution in [0.5, 0.6) is 0 Å². The van der Waals surface area contributed by atoms with Crippen molar-refractivity contribution in [2.24, 2.45) is 0 Å². The number of hydrogen-bond donors (Lipinski definition) is 2. The van der Waals surface area contributed by atoms with Gasteiger partial charge in [-0.1, -0.05) is 72.8 Å². The largest absolute Gasteiger partial charge is 0.389 e. The summed E-state index contributed by atoms with van der Waals surface area (Å²) in [6.45, 7) is 2.43. The molecule has 5 rings (SSSR count). The van der Waals surface area contributed by atoms with Crippen molar-refractivity contribution in [2.45, 2.75) is 32.5 Å². The fourth-order valence-electron chi connectivity index (χ4n) is 4.78. The highest BCUT2D eigenvalue weighted by molar-refractivity contribution is 5.92. The lowest BCUT2D eigenvalue weighted by molar-refractivity contribution is -0.131. The van der Waals surface area contributed by atoms with Gasteiger partial charge in [-0.2, -0.15) is 4.98 Å². The molecule has 2 amide bonds. The van der Waals surface area contributed by atoms with E-state index >= 15 is 0 Å². The van der Waals surface area contributed by atoms with E-state index in [9.17, 15) is 14.4 Å². The monoisotopic (exact) mass is 561 g/mol. The van der Waals surface area contributed by atoms with Crippen molar-refractivity contribution in [3.05, 3.63) is 136 Å². The fraction of sp³-hybridized carbons (Fsp3) is 0.182. The van der Waals surface area contributed by atoms with Crippen molar-refractivity contribution in [1.29, 1.82) is 0 Å². The predicted molar refractivity (Wildman–Crippen MR) is 161 cm³/mol. The molecule has 0 radical (unpaired) electrons. The van der Waals surface area contributed by atoms with Gasteiger partial charge in [0.1, 0.15) is 11.7 Å². The van der Waals surface area contributed by atoms with E-state index in [0.29, 0.717) is 35.1 Å². The SMILES string of the molecule is Cc1c(CNC(=O)c2ccccn2)ccc2nc(NC(Cc3ccccc3)C(=O)N(C)Cc3ccccc3)oc(=O)c12. The van der Waals surface area contributed by atoms with Crippen LogP contribution in [0, 0.1) is 6.92 Å². The van der Waals surface area contributed by atoms with E-state index < -0.39 is 11.7 Å². The average molecular weight is 562 g/mol. The second kappa shape index (κ2) is 12.9. The highest BCUT2D eigenvalue weighted by atomic mass is 16.4. The maximum absolute atomic E-state index is 13.6. The standard InChI is InChI=1S/C33H31N5O4/c1-22-25(20-35-30(39)27-15-9-10-18-34-27)16-17-26-29(22)32(41)42-33(36-26)37-28(19-23-11-5-3-6-12-23)31(40)38(2)21-24-13-7-4-8-14-24/h3-18,28H,19-21H2,1-2H3,(H,35,39)(H,36,37). The van der Waals surface area contributed by atoms with Crippen molar-refractivity contribution in [2.75, 3.05) is 12.4 Å². The quantitative estimate of drug-likeness (QED) is 0.258. The van der Waals surface area contributed by atoms with E-state index in [0.717, 1.165) is 16.7 Å². The Bertz CT molecular complexity index is 1740. The van der Waals surface area contributed by atoms with E-state index in [1.165, 1.54) is 0 Å². The van der Waals surface area contributed by atoms with Gasteiger partial charge in [-0.25, -0.2) is 4.79 Å². The summed E-state index contributed by atoms with van der Waals surface area (Å²) in [6.07, 6.45) is 1.92. The molecule has 3 aromatic carbocycles. The molecule has 2 heterocycles. The molecular formula is C33H31N5O4. The highest BCUT2D eigenvalue weighted by Crippen LogP contribution is 2.21. The van der Waals surface area contributed by atoms with Gasteiger partial charge in [0.05, 0.1) is 10.9 Å². The number of carbonyl (C=O) groups is 2.